The van der Waals surface area contributed by atoms with Crippen molar-refractivity contribution in [1.82, 2.24) is 24.6 Å². The minimum absolute atomic E-state index is 0.0607. The molecule has 2 N–H and O–H groups in total. The summed E-state index contributed by atoms with van der Waals surface area (Å²) in [7, 11) is 3.45. The van der Waals surface area contributed by atoms with Gasteiger partial charge in [-0.05, 0) is 0 Å². The molecule has 1 fully saturated rings. The molecule has 0 radical (unpaired) electrons. The number of halogens is 2. The number of rotatable bonds is 4. The van der Waals surface area contributed by atoms with Crippen LogP contribution in [0.25, 0.3) is 27.8 Å². The number of nitrogens with one attached hydrogen (secondary N) is 2. The first-order valence-corrected chi connectivity index (χ1v) is 10.6. The predicted octanol–water partition coefficient (Wildman–Crippen LogP) is 3.71. The molecule has 2 atom stereocenters. The molecule has 1 aromatic carbocycles. The van der Waals surface area contributed by atoms with Crippen molar-refractivity contribution < 1.29 is 18.7 Å². The number of anilines is 2. The molecular weight excluding hydrogens is 453 g/mol. The Hall–Kier alpha value is -3.44. The van der Waals surface area contributed by atoms with E-state index in [4.69, 9.17) is 21.1 Å². The monoisotopic (exact) mass is 473 g/mol. The number of ether oxygens (including phenoxy) is 2. The molecule has 0 saturated carbocycles. The minimum atomic E-state index is -0.613. The molecule has 172 valence electrons. The van der Waals surface area contributed by atoms with E-state index in [9.17, 15) is 4.79 Å². The smallest absolute Gasteiger partial charge is 0.413 e. The van der Waals surface area contributed by atoms with Gasteiger partial charge in [0, 0.05) is 37.2 Å². The zero-order chi connectivity index (χ0) is 23.3. The average Bonchev–Trinajstić information content (AvgIpc) is 3.48. The molecule has 5 rings (SSSR count). The number of hydrogen-bond donors (Lipinski definition) is 2. The van der Waals surface area contributed by atoms with Crippen molar-refractivity contribution in [3.63, 3.8) is 0 Å². The number of aromatic nitrogens is 5. The molecule has 1 aliphatic heterocycles. The van der Waals surface area contributed by atoms with Crippen LogP contribution in [0, 0.1) is 11.7 Å². The van der Waals surface area contributed by atoms with Crippen molar-refractivity contribution in [3.05, 3.63) is 35.6 Å². The molecule has 3 aromatic heterocycles. The maximum atomic E-state index is 15.1. The molecule has 1 amide bonds. The number of fused-ring (bicyclic) bond motifs is 2. The summed E-state index contributed by atoms with van der Waals surface area (Å²) in [4.78, 5) is 22.6. The lowest BCUT2D eigenvalue weighted by molar-refractivity contribution is 0.0844. The number of H-pyrrole nitrogens is 1. The molecule has 33 heavy (non-hydrogen) atoms. The lowest BCUT2D eigenvalue weighted by Gasteiger charge is -2.17. The molecule has 4 aromatic rings. The number of carbonyl (C=O) groups is 1. The highest BCUT2D eigenvalue weighted by Crippen LogP contribution is 2.41. The van der Waals surface area contributed by atoms with Gasteiger partial charge >= 0.3 is 6.09 Å². The maximum Gasteiger partial charge on any atom is 0.413 e. The molecule has 10 nitrogen and oxygen atoms in total. The third kappa shape index (κ3) is 3.72. The summed E-state index contributed by atoms with van der Waals surface area (Å²) in [5.41, 5.74) is 2.14. The highest BCUT2D eigenvalue weighted by atomic mass is 35.5. The van der Waals surface area contributed by atoms with Crippen molar-refractivity contribution >= 4 is 45.7 Å². The Labute approximate surface area is 192 Å². The van der Waals surface area contributed by atoms with Gasteiger partial charge in [-0.15, -0.1) is 0 Å². The largest absolute Gasteiger partial charge is 0.443 e. The van der Waals surface area contributed by atoms with E-state index in [1.807, 2.05) is 6.92 Å². The zero-order valence-corrected chi connectivity index (χ0v) is 18.9. The van der Waals surface area contributed by atoms with Gasteiger partial charge in [-0.2, -0.15) is 5.10 Å². The van der Waals surface area contributed by atoms with Crippen LogP contribution in [0.4, 0.5) is 20.7 Å². The Kier molecular flexibility index (Phi) is 5.29. The van der Waals surface area contributed by atoms with E-state index in [0.29, 0.717) is 52.5 Å². The van der Waals surface area contributed by atoms with Crippen LogP contribution in [0.15, 0.2) is 24.8 Å². The van der Waals surface area contributed by atoms with Gasteiger partial charge in [-0.25, -0.2) is 14.2 Å². The first-order valence-electron chi connectivity index (χ1n) is 10.3. The Morgan fingerprint density at radius 3 is 2.91 bits per heavy atom. The summed E-state index contributed by atoms with van der Waals surface area (Å²) in [5, 5.41) is 10.1. The third-order valence-corrected chi connectivity index (χ3v) is 5.95. The second kappa shape index (κ2) is 8.16. The maximum absolute atomic E-state index is 15.1. The van der Waals surface area contributed by atoms with Crippen LogP contribution in [0.2, 0.25) is 5.02 Å². The van der Waals surface area contributed by atoms with Crippen LogP contribution in [0.1, 0.15) is 6.92 Å². The zero-order valence-electron chi connectivity index (χ0n) is 18.1. The second-order valence-corrected chi connectivity index (χ2v) is 8.53. The summed E-state index contributed by atoms with van der Waals surface area (Å²) in [6.45, 7) is 2.89. The van der Waals surface area contributed by atoms with E-state index in [-0.39, 0.29) is 17.0 Å². The molecule has 0 unspecified atom stereocenters. The summed E-state index contributed by atoms with van der Waals surface area (Å²) in [6.07, 6.45) is 5.46. The number of nitrogens with zero attached hydrogens (tertiary/aromatic N) is 5. The van der Waals surface area contributed by atoms with Crippen LogP contribution in [0.5, 0.6) is 0 Å². The topological polar surface area (TPSA) is 110 Å². The number of aromatic amines is 1. The molecule has 0 bridgehead atoms. The molecule has 0 aliphatic carbocycles. The predicted molar refractivity (Wildman–Crippen MR) is 121 cm³/mol. The molecule has 12 heteroatoms. The highest BCUT2D eigenvalue weighted by Gasteiger charge is 2.28. The number of imidazole rings is 1. The van der Waals surface area contributed by atoms with Gasteiger partial charge in [0.25, 0.3) is 0 Å². The number of carbonyl (C=O) groups excluding carboxylic acids is 1. The fourth-order valence-electron chi connectivity index (χ4n) is 3.92. The van der Waals surface area contributed by atoms with E-state index in [0.717, 1.165) is 0 Å². The standard InChI is InChI=1S/C21H21ClFN7O3/c1-10-8-32-9-13(10)33-21(31)27-14-7-30-6-12(24-5-15(30)26-14)16-11-4-25-28-19(11)20(29(2)3)18(23)17(16)22/h4-7,10,13H,8-9H2,1-3H3,(H,25,28)(H,27,31)/t10-,13-/m0/s1. The van der Waals surface area contributed by atoms with Crippen LogP contribution >= 0.6 is 11.6 Å². The van der Waals surface area contributed by atoms with Gasteiger partial charge < -0.3 is 18.8 Å². The van der Waals surface area contributed by atoms with Crippen molar-refractivity contribution in [2.75, 3.05) is 37.5 Å². The lowest BCUT2D eigenvalue weighted by atomic mass is 10.1. The van der Waals surface area contributed by atoms with Gasteiger partial charge in [0.15, 0.2) is 17.3 Å². The van der Waals surface area contributed by atoms with E-state index < -0.39 is 11.9 Å². The van der Waals surface area contributed by atoms with Crippen molar-refractivity contribution in [1.29, 1.82) is 0 Å². The first kappa shape index (κ1) is 21.4. The fraction of sp³-hybridized carbons (Fsp3) is 0.333. The van der Waals surface area contributed by atoms with Gasteiger partial charge in [-0.1, -0.05) is 18.5 Å². The van der Waals surface area contributed by atoms with Crippen LogP contribution in [0.3, 0.4) is 0 Å². The van der Waals surface area contributed by atoms with Crippen molar-refractivity contribution in [3.8, 4) is 11.3 Å². The number of hydrogen-bond acceptors (Lipinski definition) is 7. The number of amides is 1. The van der Waals surface area contributed by atoms with Gasteiger partial charge in [0.1, 0.15) is 11.8 Å². The first-order chi connectivity index (χ1) is 15.8. The minimum Gasteiger partial charge on any atom is -0.443 e. The second-order valence-electron chi connectivity index (χ2n) is 8.15. The molecule has 0 spiro atoms. The summed E-state index contributed by atoms with van der Waals surface area (Å²) in [5.74, 6) is -0.150. The van der Waals surface area contributed by atoms with E-state index >= 15 is 4.39 Å². The van der Waals surface area contributed by atoms with Crippen LogP contribution in [-0.4, -0.2) is 64.1 Å². The van der Waals surface area contributed by atoms with Crippen molar-refractivity contribution in [2.45, 2.75) is 13.0 Å². The van der Waals surface area contributed by atoms with Gasteiger partial charge in [-0.3, -0.25) is 15.4 Å². The molecule has 1 aliphatic rings. The van der Waals surface area contributed by atoms with E-state index in [1.54, 1.807) is 42.0 Å². The summed E-state index contributed by atoms with van der Waals surface area (Å²) in [6, 6.07) is 0. The summed E-state index contributed by atoms with van der Waals surface area (Å²) >= 11 is 6.44. The van der Waals surface area contributed by atoms with Crippen molar-refractivity contribution in [2.24, 2.45) is 5.92 Å². The molecule has 1 saturated heterocycles. The molecule has 4 heterocycles. The quantitative estimate of drug-likeness (QED) is 0.465. The summed E-state index contributed by atoms with van der Waals surface area (Å²) < 4.78 is 27.5. The normalized spacial score (nSPS) is 18.2. The Morgan fingerprint density at radius 2 is 2.18 bits per heavy atom. The average molecular weight is 474 g/mol. The highest BCUT2D eigenvalue weighted by molar-refractivity contribution is 6.35. The van der Waals surface area contributed by atoms with Crippen LogP contribution in [-0.2, 0) is 9.47 Å². The Morgan fingerprint density at radius 1 is 1.36 bits per heavy atom. The Bertz CT molecular complexity index is 1370. The SMILES string of the molecule is C[C@H]1COC[C@@H]1OC(=O)Nc1cn2cc(-c3c(Cl)c(F)c(N(C)C)c4[nH]ncc34)ncc2n1. The molecular formula is C21H21ClFN7O3. The number of benzene rings is 1. The van der Waals surface area contributed by atoms with E-state index in [1.165, 1.54) is 6.20 Å². The Balaban J connectivity index is 1.48. The van der Waals surface area contributed by atoms with Gasteiger partial charge in [0.05, 0.1) is 48.0 Å². The van der Waals surface area contributed by atoms with E-state index in [2.05, 4.69) is 25.5 Å². The van der Waals surface area contributed by atoms with Crippen LogP contribution < -0.4 is 10.2 Å². The lowest BCUT2D eigenvalue weighted by Crippen LogP contribution is -2.27. The fourth-order valence-corrected chi connectivity index (χ4v) is 4.21. The third-order valence-electron chi connectivity index (χ3n) is 5.60. The van der Waals surface area contributed by atoms with Gasteiger partial charge in [0.2, 0.25) is 0 Å².